The average molecular weight is 403 g/mol. The second-order valence-electron chi connectivity index (χ2n) is 8.09. The maximum absolute atomic E-state index is 6.40. The molecule has 0 atom stereocenters. The zero-order valence-electron chi connectivity index (χ0n) is 17.7. The zero-order chi connectivity index (χ0) is 21.1. The van der Waals surface area contributed by atoms with Crippen LogP contribution in [0.1, 0.15) is 16.8 Å². The molecular weight excluding hydrogens is 382 g/mol. The molecule has 3 aromatic heterocycles. The predicted molar refractivity (Wildman–Crippen MR) is 126 cm³/mol. The van der Waals surface area contributed by atoms with Gasteiger partial charge in [0.25, 0.3) is 0 Å². The van der Waals surface area contributed by atoms with Gasteiger partial charge in [-0.15, -0.1) is 0 Å². The first kappa shape index (κ1) is 17.9. The Morgan fingerprint density at radius 1 is 0.774 bits per heavy atom. The fraction of sp³-hybridized carbons (Fsp3) is 0.111. The van der Waals surface area contributed by atoms with Gasteiger partial charge in [-0.05, 0) is 62.2 Å². The quantitative estimate of drug-likeness (QED) is 0.315. The van der Waals surface area contributed by atoms with Crippen molar-refractivity contribution in [1.82, 2.24) is 14.5 Å². The Kier molecular flexibility index (Phi) is 3.78. The minimum absolute atomic E-state index is 0.682. The van der Waals surface area contributed by atoms with Crippen LogP contribution in [0.2, 0.25) is 0 Å². The molecule has 0 unspecified atom stereocenters. The summed E-state index contributed by atoms with van der Waals surface area (Å²) in [7, 11) is 0. The van der Waals surface area contributed by atoms with Gasteiger partial charge in [0.05, 0.1) is 22.0 Å². The lowest BCUT2D eigenvalue weighted by molar-refractivity contribution is 0.652. The number of nitrogens with zero attached hydrogens (tertiary/aromatic N) is 3. The van der Waals surface area contributed by atoms with E-state index in [0.29, 0.717) is 5.71 Å². The van der Waals surface area contributed by atoms with Crippen molar-refractivity contribution in [3.8, 4) is 17.1 Å². The lowest BCUT2D eigenvalue weighted by Crippen LogP contribution is -1.99. The van der Waals surface area contributed by atoms with E-state index in [2.05, 4.69) is 84.1 Å². The summed E-state index contributed by atoms with van der Waals surface area (Å²) in [6.07, 6.45) is 0. The first-order chi connectivity index (χ1) is 15.1. The number of furan rings is 1. The molecule has 6 rings (SSSR count). The summed E-state index contributed by atoms with van der Waals surface area (Å²) in [6, 6.07) is 25.0. The Hall–Kier alpha value is -3.92. The highest BCUT2D eigenvalue weighted by Gasteiger charge is 2.22. The van der Waals surface area contributed by atoms with Crippen LogP contribution in [0.4, 0.5) is 0 Å². The van der Waals surface area contributed by atoms with Gasteiger partial charge in [-0.25, -0.2) is 9.97 Å². The van der Waals surface area contributed by atoms with Gasteiger partial charge in [0, 0.05) is 16.8 Å². The maximum Gasteiger partial charge on any atom is 0.227 e. The first-order valence-electron chi connectivity index (χ1n) is 10.4. The van der Waals surface area contributed by atoms with Crippen LogP contribution < -0.4 is 0 Å². The van der Waals surface area contributed by atoms with Gasteiger partial charge in [0.1, 0.15) is 11.4 Å². The molecule has 0 aliphatic heterocycles. The number of imidazole rings is 1. The van der Waals surface area contributed by atoms with Crippen LogP contribution >= 0.6 is 0 Å². The summed E-state index contributed by atoms with van der Waals surface area (Å²) in [4.78, 5) is 9.73. The number of hydrogen-bond donors (Lipinski definition) is 0. The molecule has 31 heavy (non-hydrogen) atoms. The van der Waals surface area contributed by atoms with Crippen LogP contribution in [-0.2, 0) is 0 Å². The largest absolute Gasteiger partial charge is 0.437 e. The molecule has 0 aliphatic rings. The van der Waals surface area contributed by atoms with Crippen LogP contribution in [0.3, 0.4) is 0 Å². The van der Waals surface area contributed by atoms with Gasteiger partial charge in [-0.3, -0.25) is 4.57 Å². The molecule has 0 saturated carbocycles. The van der Waals surface area contributed by atoms with Crippen molar-refractivity contribution in [2.45, 2.75) is 20.8 Å². The van der Waals surface area contributed by atoms with Crippen molar-refractivity contribution < 1.29 is 4.42 Å². The summed E-state index contributed by atoms with van der Waals surface area (Å²) >= 11 is 0. The molecule has 0 N–H and O–H groups in total. The monoisotopic (exact) mass is 403 g/mol. The first-order valence-corrected chi connectivity index (χ1v) is 10.4. The Labute approximate surface area is 179 Å². The Morgan fingerprint density at radius 3 is 2.39 bits per heavy atom. The third-order valence-corrected chi connectivity index (χ3v) is 5.94. The van der Waals surface area contributed by atoms with E-state index < -0.39 is 0 Å². The normalized spacial score (nSPS) is 11.7. The van der Waals surface area contributed by atoms with Crippen LogP contribution in [-0.4, -0.2) is 14.5 Å². The summed E-state index contributed by atoms with van der Waals surface area (Å²) in [5, 5.41) is 2.15. The predicted octanol–water partition coefficient (Wildman–Crippen LogP) is 6.91. The number of aromatic nitrogens is 3. The summed E-state index contributed by atoms with van der Waals surface area (Å²) in [5.41, 5.74) is 8.88. The van der Waals surface area contributed by atoms with E-state index in [4.69, 9.17) is 9.40 Å². The highest BCUT2D eigenvalue weighted by atomic mass is 16.3. The van der Waals surface area contributed by atoms with Crippen molar-refractivity contribution in [3.05, 3.63) is 89.6 Å². The summed E-state index contributed by atoms with van der Waals surface area (Å²) < 4.78 is 8.62. The maximum atomic E-state index is 6.40. The number of para-hydroxylation sites is 3. The van der Waals surface area contributed by atoms with E-state index in [1.807, 2.05) is 19.1 Å². The zero-order valence-corrected chi connectivity index (χ0v) is 17.7. The van der Waals surface area contributed by atoms with Gasteiger partial charge in [0.2, 0.25) is 5.71 Å². The Bertz CT molecular complexity index is 1610. The lowest BCUT2D eigenvalue weighted by Gasteiger charge is -2.11. The smallest absolute Gasteiger partial charge is 0.227 e. The Morgan fingerprint density at radius 2 is 1.55 bits per heavy atom. The fourth-order valence-corrected chi connectivity index (χ4v) is 4.59. The molecule has 0 saturated heterocycles. The van der Waals surface area contributed by atoms with E-state index in [-0.39, 0.29) is 0 Å². The molecule has 4 heteroatoms. The van der Waals surface area contributed by atoms with E-state index in [9.17, 15) is 0 Å². The SMILES string of the molecule is Cc1cc(C)c2c(n1)oc1c(-c3nc4ccccc4n3-c3ccccc3)c(C)ccc12. The number of pyridine rings is 1. The molecule has 3 heterocycles. The molecule has 0 amide bonds. The Balaban J connectivity index is 1.78. The van der Waals surface area contributed by atoms with Crippen molar-refractivity contribution in [1.29, 1.82) is 0 Å². The minimum Gasteiger partial charge on any atom is -0.437 e. The molecular formula is C27H21N3O. The number of rotatable bonds is 2. The summed E-state index contributed by atoms with van der Waals surface area (Å²) in [5.74, 6) is 0.879. The van der Waals surface area contributed by atoms with Crippen LogP contribution in [0.5, 0.6) is 0 Å². The fourth-order valence-electron chi connectivity index (χ4n) is 4.59. The summed E-state index contributed by atoms with van der Waals surface area (Å²) in [6.45, 7) is 6.23. The molecule has 0 fully saturated rings. The minimum atomic E-state index is 0.682. The van der Waals surface area contributed by atoms with Crippen molar-refractivity contribution >= 4 is 33.1 Å². The van der Waals surface area contributed by atoms with Gasteiger partial charge in [-0.1, -0.05) is 42.5 Å². The third-order valence-electron chi connectivity index (χ3n) is 5.94. The average Bonchev–Trinajstić information content (AvgIpc) is 3.32. The van der Waals surface area contributed by atoms with E-state index in [0.717, 1.165) is 55.7 Å². The highest BCUT2D eigenvalue weighted by Crippen LogP contribution is 2.40. The molecule has 0 radical (unpaired) electrons. The number of benzene rings is 3. The van der Waals surface area contributed by atoms with Crippen molar-refractivity contribution in [3.63, 3.8) is 0 Å². The van der Waals surface area contributed by atoms with E-state index in [1.165, 1.54) is 5.56 Å². The van der Waals surface area contributed by atoms with Gasteiger partial charge >= 0.3 is 0 Å². The van der Waals surface area contributed by atoms with Crippen molar-refractivity contribution in [2.75, 3.05) is 0 Å². The molecule has 3 aromatic carbocycles. The number of hydrogen-bond acceptors (Lipinski definition) is 3. The molecule has 0 aliphatic carbocycles. The molecule has 6 aromatic rings. The van der Waals surface area contributed by atoms with Crippen LogP contribution in [0.15, 0.2) is 77.2 Å². The van der Waals surface area contributed by atoms with Crippen LogP contribution in [0, 0.1) is 20.8 Å². The number of fused-ring (bicyclic) bond motifs is 4. The van der Waals surface area contributed by atoms with E-state index >= 15 is 0 Å². The second kappa shape index (κ2) is 6.54. The van der Waals surface area contributed by atoms with Gasteiger partial charge in [-0.2, -0.15) is 0 Å². The third kappa shape index (κ3) is 2.61. The number of aryl methyl sites for hydroxylation is 3. The van der Waals surface area contributed by atoms with Gasteiger partial charge < -0.3 is 4.42 Å². The molecule has 0 bridgehead atoms. The van der Waals surface area contributed by atoms with Gasteiger partial charge in [0.15, 0.2) is 0 Å². The lowest BCUT2D eigenvalue weighted by atomic mass is 10.0. The standard InChI is InChI=1S/C27H21N3O/c1-16-13-14-20-23-17(2)15-18(3)28-27(23)31-25(20)24(16)26-29-21-11-7-8-12-22(21)30(26)19-9-5-4-6-10-19/h4-15H,1-3H3. The molecule has 4 nitrogen and oxygen atoms in total. The van der Waals surface area contributed by atoms with Crippen molar-refractivity contribution in [2.24, 2.45) is 0 Å². The highest BCUT2D eigenvalue weighted by molar-refractivity contribution is 6.10. The van der Waals surface area contributed by atoms with Crippen LogP contribution in [0.25, 0.3) is 50.2 Å². The molecule has 150 valence electrons. The van der Waals surface area contributed by atoms with E-state index in [1.54, 1.807) is 0 Å². The molecule has 0 spiro atoms. The topological polar surface area (TPSA) is 43.9 Å². The second-order valence-corrected chi connectivity index (χ2v) is 8.09.